The van der Waals surface area contributed by atoms with E-state index < -0.39 is 0 Å². The highest BCUT2D eigenvalue weighted by Crippen LogP contribution is 2.20. The molecule has 2 unspecified atom stereocenters. The van der Waals surface area contributed by atoms with Crippen LogP contribution >= 0.6 is 0 Å². The number of nitrogens with zero attached hydrogens (tertiary/aromatic N) is 1. The molecule has 0 aromatic rings. The molecule has 2 atom stereocenters. The summed E-state index contributed by atoms with van der Waals surface area (Å²) in [5.74, 6) is 1.43. The summed E-state index contributed by atoms with van der Waals surface area (Å²) in [4.78, 5) is 2.73. The van der Waals surface area contributed by atoms with E-state index in [2.05, 4.69) is 44.8 Å². The molecule has 0 bridgehead atoms. The van der Waals surface area contributed by atoms with E-state index in [9.17, 15) is 0 Å². The Labute approximate surface area is 132 Å². The largest absolute Gasteiger partial charge is 0.381 e. The van der Waals surface area contributed by atoms with Gasteiger partial charge in [-0.05, 0) is 38.1 Å². The second kappa shape index (κ2) is 10.6. The maximum atomic E-state index is 5.64. The molecule has 126 valence electrons. The first kappa shape index (κ1) is 18.9. The van der Waals surface area contributed by atoms with Crippen LogP contribution in [0.15, 0.2) is 0 Å². The summed E-state index contributed by atoms with van der Waals surface area (Å²) in [7, 11) is 0. The SMILES string of the molecule is CCCNC(CN(CC(C)C)C(CC)CC)C1CCOC1. The summed E-state index contributed by atoms with van der Waals surface area (Å²) in [6.07, 6.45) is 4.94. The molecule has 3 nitrogen and oxygen atoms in total. The van der Waals surface area contributed by atoms with Gasteiger partial charge in [0.25, 0.3) is 0 Å². The first-order valence-electron chi connectivity index (χ1n) is 9.17. The minimum absolute atomic E-state index is 0.590. The van der Waals surface area contributed by atoms with Crippen molar-refractivity contribution in [2.24, 2.45) is 11.8 Å². The lowest BCUT2D eigenvalue weighted by molar-refractivity contribution is 0.122. The number of rotatable bonds is 11. The molecule has 0 aromatic carbocycles. The highest BCUT2D eigenvalue weighted by molar-refractivity contribution is 4.84. The van der Waals surface area contributed by atoms with Crippen LogP contribution in [0.5, 0.6) is 0 Å². The lowest BCUT2D eigenvalue weighted by Gasteiger charge is -2.37. The number of ether oxygens (including phenoxy) is 1. The molecule has 0 amide bonds. The van der Waals surface area contributed by atoms with E-state index in [4.69, 9.17) is 4.74 Å². The van der Waals surface area contributed by atoms with Gasteiger partial charge in [-0.1, -0.05) is 34.6 Å². The van der Waals surface area contributed by atoms with Crippen molar-refractivity contribution in [2.75, 3.05) is 32.8 Å². The Morgan fingerprint density at radius 3 is 2.33 bits per heavy atom. The molecule has 1 saturated heterocycles. The molecular formula is C18H38N2O. The summed E-state index contributed by atoms with van der Waals surface area (Å²) in [6, 6.07) is 1.31. The molecule has 1 fully saturated rings. The van der Waals surface area contributed by atoms with Crippen molar-refractivity contribution in [2.45, 2.75) is 72.4 Å². The maximum absolute atomic E-state index is 5.64. The minimum Gasteiger partial charge on any atom is -0.381 e. The molecule has 3 heteroatoms. The van der Waals surface area contributed by atoms with Gasteiger partial charge >= 0.3 is 0 Å². The second-order valence-corrected chi connectivity index (χ2v) is 7.00. The topological polar surface area (TPSA) is 24.5 Å². The van der Waals surface area contributed by atoms with E-state index in [-0.39, 0.29) is 0 Å². The van der Waals surface area contributed by atoms with Crippen molar-refractivity contribution in [1.82, 2.24) is 10.2 Å². The Bertz CT molecular complexity index is 248. The monoisotopic (exact) mass is 298 g/mol. The molecule has 0 spiro atoms. The molecule has 21 heavy (non-hydrogen) atoms. The van der Waals surface area contributed by atoms with Gasteiger partial charge in [-0.15, -0.1) is 0 Å². The number of nitrogens with one attached hydrogen (secondary N) is 1. The Kier molecular flexibility index (Phi) is 9.54. The molecule has 1 aliphatic heterocycles. The summed E-state index contributed by atoms with van der Waals surface area (Å²) < 4.78 is 5.64. The van der Waals surface area contributed by atoms with Crippen LogP contribution in [-0.4, -0.2) is 49.8 Å². The van der Waals surface area contributed by atoms with Crippen LogP contribution in [0.2, 0.25) is 0 Å². The summed E-state index contributed by atoms with van der Waals surface area (Å²) >= 11 is 0. The third kappa shape index (κ3) is 6.66. The van der Waals surface area contributed by atoms with Gasteiger partial charge in [0.15, 0.2) is 0 Å². The molecule has 1 N–H and O–H groups in total. The van der Waals surface area contributed by atoms with Crippen LogP contribution in [-0.2, 0) is 4.74 Å². The molecule has 0 aromatic heterocycles. The molecule has 0 radical (unpaired) electrons. The van der Waals surface area contributed by atoms with Crippen LogP contribution in [0.4, 0.5) is 0 Å². The van der Waals surface area contributed by atoms with E-state index in [1.165, 1.54) is 38.8 Å². The maximum Gasteiger partial charge on any atom is 0.0510 e. The fraction of sp³-hybridized carbons (Fsp3) is 1.00. The van der Waals surface area contributed by atoms with E-state index in [1.54, 1.807) is 0 Å². The third-order valence-electron chi connectivity index (χ3n) is 4.68. The van der Waals surface area contributed by atoms with Gasteiger partial charge in [-0.3, -0.25) is 4.90 Å². The summed E-state index contributed by atoms with van der Waals surface area (Å²) in [5.41, 5.74) is 0. The van der Waals surface area contributed by atoms with Gasteiger partial charge in [-0.25, -0.2) is 0 Å². The Morgan fingerprint density at radius 2 is 1.86 bits per heavy atom. The van der Waals surface area contributed by atoms with Crippen molar-refractivity contribution in [1.29, 1.82) is 0 Å². The highest BCUT2D eigenvalue weighted by atomic mass is 16.5. The second-order valence-electron chi connectivity index (χ2n) is 7.00. The predicted molar refractivity (Wildman–Crippen MR) is 91.8 cm³/mol. The van der Waals surface area contributed by atoms with Crippen LogP contribution in [0.25, 0.3) is 0 Å². The Balaban J connectivity index is 2.68. The fourth-order valence-corrected chi connectivity index (χ4v) is 3.48. The normalized spacial score (nSPS) is 20.9. The van der Waals surface area contributed by atoms with Crippen molar-refractivity contribution < 1.29 is 4.74 Å². The molecule has 1 rings (SSSR count). The number of hydrogen-bond donors (Lipinski definition) is 1. The van der Waals surface area contributed by atoms with Gasteiger partial charge in [0.1, 0.15) is 0 Å². The minimum atomic E-state index is 0.590. The summed E-state index contributed by atoms with van der Waals surface area (Å²) in [6.45, 7) is 17.0. The van der Waals surface area contributed by atoms with Crippen LogP contribution in [0.1, 0.15) is 60.3 Å². The third-order valence-corrected chi connectivity index (χ3v) is 4.68. The van der Waals surface area contributed by atoms with Gasteiger partial charge in [0.05, 0.1) is 6.61 Å². The van der Waals surface area contributed by atoms with E-state index in [0.29, 0.717) is 12.0 Å². The molecule has 1 aliphatic rings. The zero-order valence-corrected chi connectivity index (χ0v) is 15.0. The van der Waals surface area contributed by atoms with Crippen molar-refractivity contribution >= 4 is 0 Å². The first-order valence-corrected chi connectivity index (χ1v) is 9.17. The lowest BCUT2D eigenvalue weighted by Crippen LogP contribution is -2.50. The van der Waals surface area contributed by atoms with Gasteiger partial charge in [0, 0.05) is 37.7 Å². The zero-order valence-electron chi connectivity index (χ0n) is 15.0. The van der Waals surface area contributed by atoms with Gasteiger partial charge < -0.3 is 10.1 Å². The molecular weight excluding hydrogens is 260 g/mol. The predicted octanol–water partition coefficient (Wildman–Crippen LogP) is 3.54. The Morgan fingerprint density at radius 1 is 1.14 bits per heavy atom. The first-order chi connectivity index (χ1) is 10.1. The van der Waals surface area contributed by atoms with E-state index >= 15 is 0 Å². The Hall–Kier alpha value is -0.120. The molecule has 0 aliphatic carbocycles. The van der Waals surface area contributed by atoms with Crippen molar-refractivity contribution in [3.8, 4) is 0 Å². The average molecular weight is 299 g/mol. The smallest absolute Gasteiger partial charge is 0.0510 e. The van der Waals surface area contributed by atoms with Gasteiger partial charge in [-0.2, -0.15) is 0 Å². The standard InChI is InChI=1S/C18H38N2O/c1-6-10-19-18(16-9-11-21-14-16)13-20(12-15(4)5)17(7-2)8-3/h15-19H,6-14H2,1-5H3. The van der Waals surface area contributed by atoms with E-state index in [0.717, 1.165) is 31.7 Å². The average Bonchev–Trinajstić information content (AvgIpc) is 2.97. The summed E-state index contributed by atoms with van der Waals surface area (Å²) in [5, 5.41) is 3.80. The van der Waals surface area contributed by atoms with Crippen LogP contribution in [0.3, 0.4) is 0 Å². The fourth-order valence-electron chi connectivity index (χ4n) is 3.48. The molecule has 0 saturated carbocycles. The van der Waals surface area contributed by atoms with Crippen LogP contribution < -0.4 is 5.32 Å². The zero-order chi connectivity index (χ0) is 15.7. The number of hydrogen-bond acceptors (Lipinski definition) is 3. The van der Waals surface area contributed by atoms with Crippen LogP contribution in [0, 0.1) is 11.8 Å². The van der Waals surface area contributed by atoms with Gasteiger partial charge in [0.2, 0.25) is 0 Å². The lowest BCUT2D eigenvalue weighted by atomic mass is 9.96. The van der Waals surface area contributed by atoms with Crippen molar-refractivity contribution in [3.63, 3.8) is 0 Å². The van der Waals surface area contributed by atoms with E-state index in [1.807, 2.05) is 0 Å². The highest BCUT2D eigenvalue weighted by Gasteiger charge is 2.28. The quantitative estimate of drug-likeness (QED) is 0.631. The molecule has 1 heterocycles. The van der Waals surface area contributed by atoms with Crippen molar-refractivity contribution in [3.05, 3.63) is 0 Å².